The minimum Gasteiger partial charge on any atom is -0.451 e. The summed E-state index contributed by atoms with van der Waals surface area (Å²) in [5.41, 5.74) is 2.69. The van der Waals surface area contributed by atoms with Crippen molar-refractivity contribution in [2.24, 2.45) is 4.15 Å². The second-order valence-corrected chi connectivity index (χ2v) is 15.4. The van der Waals surface area contributed by atoms with Crippen LogP contribution in [0.25, 0.3) is 0 Å². The summed E-state index contributed by atoms with van der Waals surface area (Å²) in [5.74, 6) is 2.45. The van der Waals surface area contributed by atoms with Crippen LogP contribution >= 0.6 is 34.8 Å². The van der Waals surface area contributed by atoms with Crippen molar-refractivity contribution in [2.75, 3.05) is 11.9 Å². The maximum absolute atomic E-state index is 13.9. The van der Waals surface area contributed by atoms with Crippen LogP contribution in [-0.4, -0.2) is 15.5 Å². The number of sulfonamides is 1. The van der Waals surface area contributed by atoms with Gasteiger partial charge in [-0.1, -0.05) is 83.8 Å². The molecule has 5 rings (SSSR count). The van der Waals surface area contributed by atoms with Gasteiger partial charge in [0.25, 0.3) is 10.0 Å². The fourth-order valence-electron chi connectivity index (χ4n) is 4.78. The van der Waals surface area contributed by atoms with Crippen LogP contribution in [0.3, 0.4) is 0 Å². The lowest BCUT2D eigenvalue weighted by Gasteiger charge is -2.29. The predicted molar refractivity (Wildman–Crippen MR) is 165 cm³/mol. The standard InChI is InChI=1S/C30H27BrClN2O3PS/c1-30(2)27-14-7-8-15-28(27)34(3)29(30)21-38(25-12-5-4-6-13-25,37-24-11-9-10-22(31)20-24)33-39(35,36)26-18-16-23(32)17-19-26/h4-21H,1-3H3/b29-21-. The minimum absolute atomic E-state index is 0.0470. The van der Waals surface area contributed by atoms with Crippen LogP contribution in [0, 0.1) is 0 Å². The molecule has 0 aromatic heterocycles. The van der Waals surface area contributed by atoms with Crippen molar-refractivity contribution < 1.29 is 12.9 Å². The molecule has 0 amide bonds. The molecule has 0 aliphatic carbocycles. The number of hydrogen-bond donors (Lipinski definition) is 0. The largest absolute Gasteiger partial charge is 0.451 e. The van der Waals surface area contributed by atoms with Crippen molar-refractivity contribution in [3.8, 4) is 5.75 Å². The Balaban J connectivity index is 1.84. The number of allylic oxidation sites excluding steroid dienone is 1. The highest BCUT2D eigenvalue weighted by Crippen LogP contribution is 2.58. The van der Waals surface area contributed by atoms with Gasteiger partial charge in [-0.3, -0.25) is 0 Å². The molecule has 9 heteroatoms. The number of likely N-dealkylation sites (N-methyl/N-ethyl adjacent to an activating group) is 1. The topological polar surface area (TPSA) is 59.0 Å². The zero-order valence-corrected chi connectivity index (χ0v) is 25.7. The third kappa shape index (κ3) is 5.46. The van der Waals surface area contributed by atoms with Gasteiger partial charge in [0.05, 0.1) is 4.90 Å². The van der Waals surface area contributed by atoms with Crippen LogP contribution in [0.1, 0.15) is 19.4 Å². The summed E-state index contributed by atoms with van der Waals surface area (Å²) >= 11 is 9.57. The average Bonchev–Trinajstić information content (AvgIpc) is 3.10. The summed E-state index contributed by atoms with van der Waals surface area (Å²) in [6.07, 6.45) is 0. The maximum atomic E-state index is 13.9. The summed E-state index contributed by atoms with van der Waals surface area (Å²) in [4.78, 5) is 2.15. The number of rotatable bonds is 6. The van der Waals surface area contributed by atoms with Gasteiger partial charge in [0, 0.05) is 44.5 Å². The normalized spacial score (nSPS) is 16.9. The first-order valence-corrected chi connectivity index (χ1v) is 16.6. The Kier molecular flexibility index (Phi) is 7.55. The first kappa shape index (κ1) is 27.7. The van der Waals surface area contributed by atoms with Crippen LogP contribution in [0.5, 0.6) is 5.75 Å². The zero-order valence-electron chi connectivity index (χ0n) is 21.6. The van der Waals surface area contributed by atoms with Crippen molar-refractivity contribution in [2.45, 2.75) is 24.2 Å². The van der Waals surface area contributed by atoms with E-state index in [4.69, 9.17) is 16.1 Å². The van der Waals surface area contributed by atoms with E-state index in [2.05, 4.69) is 51.0 Å². The highest BCUT2D eigenvalue weighted by atomic mass is 79.9. The van der Waals surface area contributed by atoms with Gasteiger partial charge in [-0.2, -0.15) is 8.42 Å². The quantitative estimate of drug-likeness (QED) is 0.198. The third-order valence-corrected chi connectivity index (χ3v) is 12.3. The first-order valence-electron chi connectivity index (χ1n) is 12.2. The summed E-state index contributed by atoms with van der Waals surface area (Å²) in [6.45, 7) is 4.27. The van der Waals surface area contributed by atoms with Crippen molar-refractivity contribution in [1.29, 1.82) is 0 Å². The minimum atomic E-state index is -4.16. The summed E-state index contributed by atoms with van der Waals surface area (Å²) < 4.78 is 40.1. The number of nitrogens with zero attached hydrogens (tertiary/aromatic N) is 2. The van der Waals surface area contributed by atoms with Gasteiger partial charge < -0.3 is 9.42 Å². The molecule has 0 fully saturated rings. The molecule has 200 valence electrons. The van der Waals surface area contributed by atoms with Gasteiger partial charge in [-0.05, 0) is 66.2 Å². The maximum Gasteiger partial charge on any atom is 0.284 e. The van der Waals surface area contributed by atoms with Gasteiger partial charge in [0.2, 0.25) is 7.28 Å². The molecular weight excluding hydrogens is 615 g/mol. The monoisotopic (exact) mass is 640 g/mol. The summed E-state index contributed by atoms with van der Waals surface area (Å²) in [6, 6.07) is 31.0. The van der Waals surface area contributed by atoms with Crippen molar-refractivity contribution in [1.82, 2.24) is 0 Å². The van der Waals surface area contributed by atoms with E-state index in [0.717, 1.165) is 21.4 Å². The Morgan fingerprint density at radius 2 is 1.59 bits per heavy atom. The second kappa shape index (κ2) is 10.6. The fourth-order valence-corrected chi connectivity index (χ4v) is 10.3. The van der Waals surface area contributed by atoms with E-state index in [0.29, 0.717) is 16.1 Å². The second-order valence-electron chi connectivity index (χ2n) is 9.73. The van der Waals surface area contributed by atoms with Crippen LogP contribution < -0.4 is 14.7 Å². The third-order valence-electron chi connectivity index (χ3n) is 6.74. The highest BCUT2D eigenvalue weighted by Gasteiger charge is 2.41. The van der Waals surface area contributed by atoms with E-state index < -0.39 is 22.7 Å². The lowest BCUT2D eigenvalue weighted by atomic mass is 9.84. The van der Waals surface area contributed by atoms with E-state index in [9.17, 15) is 8.42 Å². The van der Waals surface area contributed by atoms with Gasteiger partial charge in [0.1, 0.15) is 5.75 Å². The molecule has 1 aliphatic heterocycles. The van der Waals surface area contributed by atoms with Gasteiger partial charge in [-0.25, -0.2) is 0 Å². The summed E-state index contributed by atoms with van der Waals surface area (Å²) in [5, 5.41) is 1.12. The number of halogens is 2. The number of anilines is 1. The van der Waals surface area contributed by atoms with Crippen molar-refractivity contribution >= 4 is 55.8 Å². The SMILES string of the molecule is CN1/C(=C\P(=NS(=O)(=O)c2ccc(Cl)cc2)(Oc2cccc(Br)c2)c2ccccc2)C(C)(C)c2ccccc21. The first-order chi connectivity index (χ1) is 18.5. The van der Waals surface area contributed by atoms with Crippen LogP contribution in [-0.2, 0) is 15.4 Å². The molecule has 0 saturated carbocycles. The molecule has 39 heavy (non-hydrogen) atoms. The Hall–Kier alpha value is -2.83. The lowest BCUT2D eigenvalue weighted by Crippen LogP contribution is -2.24. The molecule has 0 saturated heterocycles. The van der Waals surface area contributed by atoms with Crippen molar-refractivity contribution in [3.05, 3.63) is 130 Å². The molecule has 1 aliphatic rings. The van der Waals surface area contributed by atoms with Gasteiger partial charge in [-0.15, -0.1) is 4.15 Å². The van der Waals surface area contributed by atoms with Crippen LogP contribution in [0.2, 0.25) is 5.02 Å². The van der Waals surface area contributed by atoms with Crippen LogP contribution in [0.4, 0.5) is 5.69 Å². The number of fused-ring (bicyclic) bond motifs is 1. The summed E-state index contributed by atoms with van der Waals surface area (Å²) in [7, 11) is -5.57. The van der Waals surface area contributed by atoms with Gasteiger partial charge >= 0.3 is 0 Å². The Morgan fingerprint density at radius 3 is 2.26 bits per heavy atom. The van der Waals surface area contributed by atoms with E-state index in [1.54, 1.807) is 12.1 Å². The Bertz CT molecular complexity index is 1720. The number of hydrogen-bond acceptors (Lipinski definition) is 4. The van der Waals surface area contributed by atoms with E-state index >= 15 is 0 Å². The molecular formula is C30H27BrClN2O3PS. The van der Waals surface area contributed by atoms with E-state index in [-0.39, 0.29) is 4.90 Å². The Morgan fingerprint density at radius 1 is 0.923 bits per heavy atom. The highest BCUT2D eigenvalue weighted by molar-refractivity contribution is 9.10. The van der Waals surface area contributed by atoms with E-state index in [1.807, 2.05) is 79.6 Å². The van der Waals surface area contributed by atoms with Crippen LogP contribution in [0.15, 0.2) is 128 Å². The van der Waals surface area contributed by atoms with E-state index in [1.165, 1.54) is 12.1 Å². The smallest absolute Gasteiger partial charge is 0.284 e. The molecule has 4 aromatic carbocycles. The molecule has 4 aromatic rings. The molecule has 1 heterocycles. The lowest BCUT2D eigenvalue weighted by molar-refractivity contribution is 0.593. The van der Waals surface area contributed by atoms with Crippen molar-refractivity contribution in [3.63, 3.8) is 0 Å². The zero-order chi connectivity index (χ0) is 27.8. The molecule has 0 N–H and O–H groups in total. The molecule has 1 unspecified atom stereocenters. The molecule has 1 atom stereocenters. The average molecular weight is 642 g/mol. The van der Waals surface area contributed by atoms with Gasteiger partial charge in [0.15, 0.2) is 0 Å². The molecule has 0 bridgehead atoms. The number of benzene rings is 4. The fraction of sp³-hybridized carbons (Fsp3) is 0.133. The predicted octanol–water partition coefficient (Wildman–Crippen LogP) is 8.58. The molecule has 0 radical (unpaired) electrons. The molecule has 0 spiro atoms. The molecule has 5 nitrogen and oxygen atoms in total. The number of para-hydroxylation sites is 1. The Labute approximate surface area is 243 Å².